The molecule has 0 N–H and O–H groups in total. The lowest BCUT2D eigenvalue weighted by atomic mass is 10.1. The molecule has 0 bridgehead atoms. The van der Waals surface area contributed by atoms with Crippen LogP contribution < -0.4 is 0 Å². The average Bonchev–Trinajstić information content (AvgIpc) is 2.39. The molecule has 0 saturated carbocycles. The Morgan fingerprint density at radius 1 is 1.17 bits per heavy atom. The molecule has 0 saturated heterocycles. The highest BCUT2D eigenvalue weighted by Crippen LogP contribution is 2.41. The molecule has 2 nitrogen and oxygen atoms in total. The van der Waals surface area contributed by atoms with Gasteiger partial charge in [0.15, 0.2) is 4.08 Å². The quantitative estimate of drug-likeness (QED) is 0.564. The van der Waals surface area contributed by atoms with Crippen LogP contribution in [0.15, 0.2) is 30.3 Å². The topological polar surface area (TPSA) is 26.3 Å². The summed E-state index contributed by atoms with van der Waals surface area (Å²) in [5, 5.41) is 0. The van der Waals surface area contributed by atoms with Crippen molar-refractivity contribution in [2.45, 2.75) is 24.3 Å². The molecule has 0 aromatic heterocycles. The third-order valence-electron chi connectivity index (χ3n) is 2.53. The maximum Gasteiger partial charge on any atom is 0.332 e. The van der Waals surface area contributed by atoms with E-state index < -0.39 is 4.08 Å². The van der Waals surface area contributed by atoms with Crippen molar-refractivity contribution in [3.05, 3.63) is 35.9 Å². The Morgan fingerprint density at radius 3 is 2.17 bits per heavy atom. The molecular formula is C14H20O2S2. The van der Waals surface area contributed by atoms with E-state index in [9.17, 15) is 4.79 Å². The smallest absolute Gasteiger partial charge is 0.332 e. The molecule has 4 heteroatoms. The van der Waals surface area contributed by atoms with E-state index in [4.69, 9.17) is 4.74 Å². The monoisotopic (exact) mass is 284 g/mol. The second-order valence-corrected chi connectivity index (χ2v) is 7.16. The minimum atomic E-state index is -0.514. The molecule has 0 spiro atoms. The lowest BCUT2D eigenvalue weighted by Crippen LogP contribution is -2.36. The molecule has 0 fully saturated rings. The van der Waals surface area contributed by atoms with Crippen LogP contribution in [0.3, 0.4) is 0 Å². The van der Waals surface area contributed by atoms with Gasteiger partial charge in [-0.25, -0.2) is 4.79 Å². The number of ether oxygens (including phenoxy) is 1. The molecular weight excluding hydrogens is 264 g/mol. The SMILES string of the molecule is CCSC(Cc1ccccc1)(SCC)C(=O)OC. The van der Waals surface area contributed by atoms with Gasteiger partial charge in [0.05, 0.1) is 7.11 Å². The Balaban J connectivity index is 2.97. The summed E-state index contributed by atoms with van der Waals surface area (Å²) in [4.78, 5) is 12.2. The number of hydrogen-bond acceptors (Lipinski definition) is 4. The van der Waals surface area contributed by atoms with Crippen LogP contribution in [0.4, 0.5) is 0 Å². The fraction of sp³-hybridized carbons (Fsp3) is 0.500. The standard InChI is InChI=1S/C14H20O2S2/c1-4-17-14(18-5-2,13(15)16-3)11-12-9-7-6-8-10-12/h6-10H,4-5,11H2,1-3H3. The zero-order valence-corrected chi connectivity index (χ0v) is 12.8. The second kappa shape index (κ2) is 7.74. The van der Waals surface area contributed by atoms with Crippen LogP contribution in [0.1, 0.15) is 19.4 Å². The number of thioether (sulfide) groups is 2. The molecule has 0 heterocycles. The first-order valence-corrected chi connectivity index (χ1v) is 8.06. The molecule has 0 amide bonds. The molecule has 18 heavy (non-hydrogen) atoms. The first kappa shape index (κ1) is 15.4. The second-order valence-electron chi connectivity index (χ2n) is 3.77. The molecule has 0 radical (unpaired) electrons. The van der Waals surface area contributed by atoms with E-state index in [-0.39, 0.29) is 5.97 Å². The van der Waals surface area contributed by atoms with Gasteiger partial charge in [-0.15, -0.1) is 23.5 Å². The fourth-order valence-electron chi connectivity index (χ4n) is 1.82. The highest BCUT2D eigenvalue weighted by Gasteiger charge is 2.40. The number of carbonyl (C=O) groups is 1. The number of carbonyl (C=O) groups excluding carboxylic acids is 1. The summed E-state index contributed by atoms with van der Waals surface area (Å²) in [7, 11) is 1.47. The van der Waals surface area contributed by atoms with Gasteiger partial charge in [-0.2, -0.15) is 0 Å². The molecule has 0 aliphatic rings. The minimum absolute atomic E-state index is 0.134. The Bertz CT molecular complexity index is 359. The number of esters is 1. The Morgan fingerprint density at radius 2 is 1.72 bits per heavy atom. The summed E-state index contributed by atoms with van der Waals surface area (Å²) in [6.45, 7) is 4.15. The van der Waals surface area contributed by atoms with E-state index in [0.29, 0.717) is 6.42 Å². The van der Waals surface area contributed by atoms with Crippen LogP contribution in [0.25, 0.3) is 0 Å². The maximum atomic E-state index is 12.2. The van der Waals surface area contributed by atoms with Crippen molar-refractivity contribution in [3.8, 4) is 0 Å². The zero-order valence-electron chi connectivity index (χ0n) is 11.1. The summed E-state index contributed by atoms with van der Waals surface area (Å²) < 4.78 is 4.50. The average molecular weight is 284 g/mol. The fourth-order valence-corrected chi connectivity index (χ4v) is 4.73. The van der Waals surface area contributed by atoms with Gasteiger partial charge in [0.2, 0.25) is 0 Å². The summed E-state index contributed by atoms with van der Waals surface area (Å²) in [6.07, 6.45) is 0.706. The van der Waals surface area contributed by atoms with Crippen molar-refractivity contribution in [1.29, 1.82) is 0 Å². The van der Waals surface area contributed by atoms with Gasteiger partial charge in [0.25, 0.3) is 0 Å². The van der Waals surface area contributed by atoms with Gasteiger partial charge in [-0.05, 0) is 17.1 Å². The summed E-state index contributed by atoms with van der Waals surface area (Å²) in [5.74, 6) is 1.66. The van der Waals surface area contributed by atoms with E-state index in [0.717, 1.165) is 11.5 Å². The van der Waals surface area contributed by atoms with Crippen molar-refractivity contribution in [3.63, 3.8) is 0 Å². The Hall–Kier alpha value is -0.610. The molecule has 0 atom stereocenters. The highest BCUT2D eigenvalue weighted by molar-refractivity contribution is 8.19. The lowest BCUT2D eigenvalue weighted by Gasteiger charge is -2.29. The van der Waals surface area contributed by atoms with Crippen molar-refractivity contribution >= 4 is 29.5 Å². The first-order valence-electron chi connectivity index (χ1n) is 6.08. The van der Waals surface area contributed by atoms with Crippen molar-refractivity contribution in [2.24, 2.45) is 0 Å². The first-order chi connectivity index (χ1) is 8.68. The van der Waals surface area contributed by atoms with Crippen LogP contribution in [0.2, 0.25) is 0 Å². The van der Waals surface area contributed by atoms with Crippen molar-refractivity contribution < 1.29 is 9.53 Å². The number of benzene rings is 1. The molecule has 0 aliphatic heterocycles. The van der Waals surface area contributed by atoms with Crippen molar-refractivity contribution in [1.82, 2.24) is 0 Å². The molecule has 100 valence electrons. The number of hydrogen-bond donors (Lipinski definition) is 0. The summed E-state index contributed by atoms with van der Waals surface area (Å²) in [6, 6.07) is 10.1. The zero-order chi connectivity index (χ0) is 13.4. The molecule has 0 aliphatic carbocycles. The van der Waals surface area contributed by atoms with E-state index in [2.05, 4.69) is 26.0 Å². The van der Waals surface area contributed by atoms with Crippen LogP contribution in [-0.4, -0.2) is 28.7 Å². The molecule has 0 unspecified atom stereocenters. The van der Waals surface area contributed by atoms with Gasteiger partial charge < -0.3 is 4.74 Å². The van der Waals surface area contributed by atoms with E-state index in [1.165, 1.54) is 12.7 Å². The lowest BCUT2D eigenvalue weighted by molar-refractivity contribution is -0.140. The Labute approximate surface area is 118 Å². The predicted molar refractivity (Wildman–Crippen MR) is 81.2 cm³/mol. The minimum Gasteiger partial charge on any atom is -0.467 e. The number of rotatable bonds is 7. The number of methoxy groups -OCH3 is 1. The predicted octanol–water partition coefficient (Wildman–Crippen LogP) is 3.60. The van der Waals surface area contributed by atoms with Gasteiger partial charge >= 0.3 is 5.97 Å². The molecule has 1 aromatic carbocycles. The van der Waals surface area contributed by atoms with Crippen LogP contribution in [0, 0.1) is 0 Å². The van der Waals surface area contributed by atoms with Gasteiger partial charge in [-0.1, -0.05) is 44.2 Å². The third kappa shape index (κ3) is 3.95. The summed E-state index contributed by atoms with van der Waals surface area (Å²) >= 11 is 3.33. The Kier molecular flexibility index (Phi) is 6.65. The van der Waals surface area contributed by atoms with E-state index >= 15 is 0 Å². The van der Waals surface area contributed by atoms with Crippen LogP contribution >= 0.6 is 23.5 Å². The largest absolute Gasteiger partial charge is 0.467 e. The van der Waals surface area contributed by atoms with Crippen molar-refractivity contribution in [2.75, 3.05) is 18.6 Å². The molecule has 1 rings (SSSR count). The normalized spacial score (nSPS) is 11.3. The van der Waals surface area contributed by atoms with Crippen LogP contribution in [-0.2, 0) is 16.0 Å². The van der Waals surface area contributed by atoms with Gasteiger partial charge in [0.1, 0.15) is 0 Å². The van der Waals surface area contributed by atoms with Gasteiger partial charge in [-0.3, -0.25) is 0 Å². The highest BCUT2D eigenvalue weighted by atomic mass is 32.2. The third-order valence-corrected chi connectivity index (χ3v) is 5.37. The summed E-state index contributed by atoms with van der Waals surface area (Å²) in [5.41, 5.74) is 1.17. The maximum absolute atomic E-state index is 12.2. The van der Waals surface area contributed by atoms with E-state index in [1.54, 1.807) is 23.5 Å². The molecule has 1 aromatic rings. The van der Waals surface area contributed by atoms with Gasteiger partial charge in [0, 0.05) is 6.42 Å². The van der Waals surface area contributed by atoms with Crippen LogP contribution in [0.5, 0.6) is 0 Å². The van der Waals surface area contributed by atoms with E-state index in [1.807, 2.05) is 18.2 Å².